The number of benzene rings is 1. The Labute approximate surface area is 113 Å². The van der Waals surface area contributed by atoms with E-state index >= 15 is 0 Å². The van der Waals surface area contributed by atoms with Crippen molar-refractivity contribution in [1.29, 1.82) is 0 Å². The first kappa shape index (κ1) is 15.0. The highest BCUT2D eigenvalue weighted by atomic mass is 35.5. The summed E-state index contributed by atoms with van der Waals surface area (Å²) in [4.78, 5) is 12.8. The number of rotatable bonds is 6. The summed E-state index contributed by atoms with van der Waals surface area (Å²) < 4.78 is 0. The average Bonchev–Trinajstić information content (AvgIpc) is 2.20. The van der Waals surface area contributed by atoms with Crippen molar-refractivity contribution in [3.05, 3.63) is 34.3 Å². The van der Waals surface area contributed by atoms with Crippen LogP contribution < -0.4 is 0 Å². The monoisotopic (exact) mass is 269 g/mol. The lowest BCUT2D eigenvalue weighted by Crippen LogP contribution is -2.32. The topological polar surface area (TPSA) is 40.5 Å². The molecular weight excluding hydrogens is 250 g/mol. The fraction of sp³-hybridized carbons (Fsp3) is 0.500. The number of carbonyl (C=O) groups is 1. The van der Waals surface area contributed by atoms with E-state index in [1.807, 2.05) is 30.0 Å². The van der Waals surface area contributed by atoms with Gasteiger partial charge in [0, 0.05) is 18.1 Å². The zero-order valence-electron chi connectivity index (χ0n) is 11.1. The van der Waals surface area contributed by atoms with Crippen LogP contribution in [0.2, 0.25) is 5.02 Å². The quantitative estimate of drug-likeness (QED) is 0.862. The predicted octanol–water partition coefficient (Wildman–Crippen LogP) is 3.19. The number of nitrogens with zero attached hydrogens (tertiary/aromatic N) is 1. The van der Waals surface area contributed by atoms with Crippen LogP contribution in [0.15, 0.2) is 18.2 Å². The van der Waals surface area contributed by atoms with Crippen molar-refractivity contribution in [3.63, 3.8) is 0 Å². The number of aryl methyl sites for hydroxylation is 1. The minimum absolute atomic E-state index is 0.0440. The van der Waals surface area contributed by atoms with Gasteiger partial charge in [0.1, 0.15) is 0 Å². The molecule has 1 rings (SSSR count). The lowest BCUT2D eigenvalue weighted by Gasteiger charge is -2.23. The number of hydrogen-bond donors (Lipinski definition) is 1. The van der Waals surface area contributed by atoms with Crippen molar-refractivity contribution in [1.82, 2.24) is 4.90 Å². The van der Waals surface area contributed by atoms with Crippen molar-refractivity contribution < 1.29 is 9.90 Å². The Morgan fingerprint density at radius 2 is 2.11 bits per heavy atom. The average molecular weight is 270 g/mol. The first-order valence-corrected chi connectivity index (χ1v) is 6.45. The Kier molecular flexibility index (Phi) is 5.63. The number of aliphatic carboxylic acids is 1. The normalized spacial score (nSPS) is 11.2. The summed E-state index contributed by atoms with van der Waals surface area (Å²) in [5, 5.41) is 9.62. The molecule has 3 nitrogen and oxygen atoms in total. The zero-order chi connectivity index (χ0) is 13.7. The minimum Gasteiger partial charge on any atom is -0.480 e. The summed E-state index contributed by atoms with van der Waals surface area (Å²) in [7, 11) is 0. The van der Waals surface area contributed by atoms with Crippen LogP contribution in [0.3, 0.4) is 0 Å². The summed E-state index contributed by atoms with van der Waals surface area (Å²) in [5.74, 6) is -0.382. The fourth-order valence-electron chi connectivity index (χ4n) is 1.91. The molecule has 0 bridgehead atoms. The van der Waals surface area contributed by atoms with Gasteiger partial charge >= 0.3 is 5.97 Å². The highest BCUT2D eigenvalue weighted by Gasteiger charge is 2.13. The Hall–Kier alpha value is -1.06. The first-order chi connectivity index (χ1) is 8.38. The van der Waals surface area contributed by atoms with Crippen LogP contribution in [0.5, 0.6) is 0 Å². The molecule has 100 valence electrons. The molecule has 0 aliphatic carbocycles. The van der Waals surface area contributed by atoms with Crippen molar-refractivity contribution in [2.75, 3.05) is 13.1 Å². The second kappa shape index (κ2) is 6.76. The van der Waals surface area contributed by atoms with E-state index in [1.165, 1.54) is 0 Å². The lowest BCUT2D eigenvalue weighted by molar-refractivity contribution is -0.138. The van der Waals surface area contributed by atoms with E-state index in [2.05, 4.69) is 13.8 Å². The van der Waals surface area contributed by atoms with E-state index in [9.17, 15) is 4.79 Å². The molecule has 0 atom stereocenters. The van der Waals surface area contributed by atoms with Crippen molar-refractivity contribution in [2.45, 2.75) is 27.3 Å². The third kappa shape index (κ3) is 5.07. The maximum Gasteiger partial charge on any atom is 0.317 e. The van der Waals surface area contributed by atoms with E-state index in [0.717, 1.165) is 17.7 Å². The summed E-state index contributed by atoms with van der Waals surface area (Å²) in [6.45, 7) is 7.50. The Morgan fingerprint density at radius 1 is 1.44 bits per heavy atom. The van der Waals surface area contributed by atoms with Gasteiger partial charge in [-0.05, 0) is 30.0 Å². The number of hydrogen-bond acceptors (Lipinski definition) is 2. The Morgan fingerprint density at radius 3 is 2.61 bits per heavy atom. The molecule has 0 aliphatic rings. The molecule has 18 heavy (non-hydrogen) atoms. The maximum atomic E-state index is 10.8. The van der Waals surface area contributed by atoms with Crippen LogP contribution in [0, 0.1) is 12.8 Å². The van der Waals surface area contributed by atoms with Crippen LogP contribution in [0.1, 0.15) is 25.0 Å². The summed E-state index contributed by atoms with van der Waals surface area (Å²) in [6, 6.07) is 5.87. The number of halogens is 1. The van der Waals surface area contributed by atoms with Crippen LogP contribution in [0.4, 0.5) is 0 Å². The minimum atomic E-state index is -0.807. The third-order valence-electron chi connectivity index (χ3n) is 2.58. The van der Waals surface area contributed by atoms with E-state index in [1.54, 1.807) is 0 Å². The van der Waals surface area contributed by atoms with Gasteiger partial charge in [0.05, 0.1) is 6.54 Å². The van der Waals surface area contributed by atoms with Crippen molar-refractivity contribution in [2.24, 2.45) is 5.92 Å². The molecule has 0 fully saturated rings. The van der Waals surface area contributed by atoms with Crippen LogP contribution in [0.25, 0.3) is 0 Å². The first-order valence-electron chi connectivity index (χ1n) is 6.07. The molecule has 0 unspecified atom stereocenters. The molecule has 0 saturated carbocycles. The van der Waals surface area contributed by atoms with Gasteiger partial charge in [-0.15, -0.1) is 0 Å². The maximum absolute atomic E-state index is 10.8. The third-order valence-corrected chi connectivity index (χ3v) is 2.94. The van der Waals surface area contributed by atoms with E-state index in [4.69, 9.17) is 16.7 Å². The van der Waals surface area contributed by atoms with Gasteiger partial charge in [-0.2, -0.15) is 0 Å². The highest BCUT2D eigenvalue weighted by molar-refractivity contribution is 6.31. The molecule has 1 N–H and O–H groups in total. The molecule has 0 aliphatic heterocycles. The fourth-order valence-corrected chi connectivity index (χ4v) is 2.21. The second-order valence-corrected chi connectivity index (χ2v) is 5.46. The zero-order valence-corrected chi connectivity index (χ0v) is 11.9. The Balaban J connectivity index is 2.78. The predicted molar refractivity (Wildman–Crippen MR) is 73.9 cm³/mol. The van der Waals surface area contributed by atoms with Crippen molar-refractivity contribution >= 4 is 17.6 Å². The standard InChI is InChI=1S/C14H20ClNO2/c1-10(2)7-16(9-14(17)18)8-12-5-4-11(3)6-13(12)15/h4-6,10H,7-9H2,1-3H3,(H,17,18). The molecule has 0 radical (unpaired) electrons. The van der Waals surface area contributed by atoms with E-state index < -0.39 is 5.97 Å². The SMILES string of the molecule is Cc1ccc(CN(CC(=O)O)CC(C)C)c(Cl)c1. The molecule has 0 heterocycles. The molecule has 0 amide bonds. The smallest absolute Gasteiger partial charge is 0.317 e. The van der Waals surface area contributed by atoms with Gasteiger partial charge in [0.15, 0.2) is 0 Å². The molecular formula is C14H20ClNO2. The molecule has 0 aromatic heterocycles. The van der Waals surface area contributed by atoms with Gasteiger partial charge in [-0.1, -0.05) is 37.6 Å². The molecule has 0 saturated heterocycles. The Bertz CT molecular complexity index is 418. The van der Waals surface area contributed by atoms with Crippen LogP contribution in [-0.4, -0.2) is 29.1 Å². The van der Waals surface area contributed by atoms with Crippen LogP contribution in [-0.2, 0) is 11.3 Å². The summed E-state index contributed by atoms with van der Waals surface area (Å²) in [5.41, 5.74) is 2.08. The summed E-state index contributed by atoms with van der Waals surface area (Å²) in [6.07, 6.45) is 0. The van der Waals surface area contributed by atoms with Gasteiger partial charge in [0.2, 0.25) is 0 Å². The van der Waals surface area contributed by atoms with E-state index in [-0.39, 0.29) is 6.54 Å². The molecule has 4 heteroatoms. The molecule has 1 aromatic carbocycles. The second-order valence-electron chi connectivity index (χ2n) is 5.05. The van der Waals surface area contributed by atoms with Gasteiger partial charge in [-0.25, -0.2) is 0 Å². The van der Waals surface area contributed by atoms with Crippen LogP contribution >= 0.6 is 11.6 Å². The highest BCUT2D eigenvalue weighted by Crippen LogP contribution is 2.19. The molecule has 1 aromatic rings. The number of carboxylic acid groups (broad SMARTS) is 1. The van der Waals surface area contributed by atoms with Gasteiger partial charge in [0.25, 0.3) is 0 Å². The lowest BCUT2D eigenvalue weighted by atomic mass is 10.1. The largest absolute Gasteiger partial charge is 0.480 e. The van der Waals surface area contributed by atoms with Crippen molar-refractivity contribution in [3.8, 4) is 0 Å². The van der Waals surface area contributed by atoms with Gasteiger partial charge < -0.3 is 5.11 Å². The van der Waals surface area contributed by atoms with E-state index in [0.29, 0.717) is 17.5 Å². The number of carboxylic acids is 1. The van der Waals surface area contributed by atoms with Gasteiger partial charge in [-0.3, -0.25) is 9.69 Å². The summed E-state index contributed by atoms with van der Waals surface area (Å²) >= 11 is 6.17. The molecule has 0 spiro atoms.